The minimum atomic E-state index is -0.300. The highest BCUT2D eigenvalue weighted by atomic mass is 79.9. The van der Waals surface area contributed by atoms with E-state index in [1.54, 1.807) is 12.1 Å². The van der Waals surface area contributed by atoms with Crippen molar-refractivity contribution in [3.05, 3.63) is 39.9 Å². The predicted molar refractivity (Wildman–Crippen MR) is 66.8 cm³/mol. The van der Waals surface area contributed by atoms with Gasteiger partial charge >= 0.3 is 0 Å². The molecule has 1 aromatic rings. The van der Waals surface area contributed by atoms with Gasteiger partial charge in [-0.15, -0.1) is 0 Å². The molecule has 16 heavy (non-hydrogen) atoms. The zero-order valence-electron chi connectivity index (χ0n) is 9.10. The van der Waals surface area contributed by atoms with Crippen LogP contribution in [0.2, 0.25) is 0 Å². The van der Waals surface area contributed by atoms with E-state index < -0.39 is 0 Å². The Kier molecular flexibility index (Phi) is 3.28. The molecule has 0 N–H and O–H groups in total. The Morgan fingerprint density at radius 1 is 1.56 bits per heavy atom. The molecule has 0 saturated heterocycles. The highest BCUT2D eigenvalue weighted by molar-refractivity contribution is 9.09. The number of nitrogens with zero attached hydrogens (tertiary/aromatic N) is 1. The van der Waals surface area contributed by atoms with Crippen LogP contribution in [0.25, 0.3) is 0 Å². The van der Waals surface area contributed by atoms with E-state index in [2.05, 4.69) is 22.9 Å². The van der Waals surface area contributed by atoms with Crippen molar-refractivity contribution in [3.63, 3.8) is 0 Å². The number of rotatable bonds is 4. The van der Waals surface area contributed by atoms with Crippen LogP contribution < -0.4 is 0 Å². The zero-order chi connectivity index (χ0) is 11.7. The number of halogens is 1. The van der Waals surface area contributed by atoms with Crippen molar-refractivity contribution in [2.75, 3.05) is 0 Å². The Bertz CT molecular complexity index is 408. The highest BCUT2D eigenvalue weighted by Crippen LogP contribution is 2.45. The summed E-state index contributed by atoms with van der Waals surface area (Å²) in [5.74, 6) is 1.44. The second kappa shape index (κ2) is 4.53. The molecule has 1 aliphatic rings. The van der Waals surface area contributed by atoms with Gasteiger partial charge in [0.25, 0.3) is 5.69 Å². The van der Waals surface area contributed by atoms with Crippen LogP contribution in [-0.2, 0) is 6.42 Å². The highest BCUT2D eigenvalue weighted by Gasteiger charge is 2.38. The van der Waals surface area contributed by atoms with Crippen molar-refractivity contribution in [1.82, 2.24) is 0 Å². The SMILES string of the molecule is CC1CC1C(Br)Cc1ccccc1[N+](=O)[O-]. The van der Waals surface area contributed by atoms with Crippen LogP contribution in [0.5, 0.6) is 0 Å². The molecule has 2 rings (SSSR count). The summed E-state index contributed by atoms with van der Waals surface area (Å²) in [6.45, 7) is 2.22. The smallest absolute Gasteiger partial charge is 0.258 e. The van der Waals surface area contributed by atoms with E-state index in [9.17, 15) is 10.1 Å². The summed E-state index contributed by atoms with van der Waals surface area (Å²) in [6, 6.07) is 6.99. The molecule has 1 fully saturated rings. The van der Waals surface area contributed by atoms with Gasteiger partial charge in [-0.3, -0.25) is 10.1 Å². The second-order valence-corrected chi connectivity index (χ2v) is 5.66. The van der Waals surface area contributed by atoms with E-state index in [1.807, 2.05) is 12.1 Å². The molecule has 4 heteroatoms. The van der Waals surface area contributed by atoms with Crippen LogP contribution in [0, 0.1) is 22.0 Å². The van der Waals surface area contributed by atoms with Crippen LogP contribution in [-0.4, -0.2) is 9.75 Å². The lowest BCUT2D eigenvalue weighted by molar-refractivity contribution is -0.385. The van der Waals surface area contributed by atoms with Crippen LogP contribution in [0.15, 0.2) is 24.3 Å². The first-order valence-electron chi connectivity index (χ1n) is 5.46. The van der Waals surface area contributed by atoms with Crippen molar-refractivity contribution >= 4 is 21.6 Å². The second-order valence-electron chi connectivity index (χ2n) is 4.48. The Morgan fingerprint density at radius 3 is 2.75 bits per heavy atom. The third-order valence-electron chi connectivity index (χ3n) is 3.24. The number of nitro benzene ring substituents is 1. The molecule has 0 bridgehead atoms. The summed E-state index contributed by atoms with van der Waals surface area (Å²) in [6.07, 6.45) is 1.97. The van der Waals surface area contributed by atoms with E-state index in [0.717, 1.165) is 17.9 Å². The van der Waals surface area contributed by atoms with Crippen molar-refractivity contribution < 1.29 is 4.92 Å². The molecule has 1 aromatic carbocycles. The van der Waals surface area contributed by atoms with Crippen molar-refractivity contribution in [1.29, 1.82) is 0 Å². The Labute approximate surface area is 103 Å². The average molecular weight is 284 g/mol. The van der Waals surface area contributed by atoms with Crippen LogP contribution in [0.3, 0.4) is 0 Å². The van der Waals surface area contributed by atoms with E-state index in [-0.39, 0.29) is 10.6 Å². The molecule has 0 aromatic heterocycles. The van der Waals surface area contributed by atoms with Gasteiger partial charge in [0, 0.05) is 16.5 Å². The molecule has 3 nitrogen and oxygen atoms in total. The molecule has 3 atom stereocenters. The minimum Gasteiger partial charge on any atom is -0.258 e. The summed E-state index contributed by atoms with van der Waals surface area (Å²) in [5.41, 5.74) is 1.06. The fourth-order valence-corrected chi connectivity index (χ4v) is 3.16. The average Bonchev–Trinajstić information content (AvgIpc) is 2.96. The molecule has 0 amide bonds. The monoisotopic (exact) mass is 283 g/mol. The number of hydrogen-bond acceptors (Lipinski definition) is 2. The van der Waals surface area contributed by atoms with E-state index in [4.69, 9.17) is 0 Å². The van der Waals surface area contributed by atoms with E-state index in [1.165, 1.54) is 6.42 Å². The molecule has 0 spiro atoms. The maximum absolute atomic E-state index is 10.8. The number of para-hydroxylation sites is 1. The summed E-state index contributed by atoms with van der Waals surface area (Å²) in [7, 11) is 0. The molecule has 0 radical (unpaired) electrons. The lowest BCUT2D eigenvalue weighted by Gasteiger charge is -2.08. The first-order chi connectivity index (χ1) is 7.59. The summed E-state index contributed by atoms with van der Waals surface area (Å²) < 4.78 is 0. The number of hydrogen-bond donors (Lipinski definition) is 0. The number of benzene rings is 1. The molecule has 3 unspecified atom stereocenters. The normalized spacial score (nSPS) is 25.1. The van der Waals surface area contributed by atoms with Gasteiger partial charge in [-0.2, -0.15) is 0 Å². The Morgan fingerprint density at radius 2 is 2.19 bits per heavy atom. The van der Waals surface area contributed by atoms with Gasteiger partial charge < -0.3 is 0 Å². The lowest BCUT2D eigenvalue weighted by Crippen LogP contribution is -2.08. The van der Waals surface area contributed by atoms with Gasteiger partial charge in [0.1, 0.15) is 0 Å². The maximum atomic E-state index is 10.8. The first-order valence-corrected chi connectivity index (χ1v) is 6.37. The largest absolute Gasteiger partial charge is 0.272 e. The molecule has 1 aliphatic carbocycles. The van der Waals surface area contributed by atoms with E-state index in [0.29, 0.717) is 10.7 Å². The summed E-state index contributed by atoms with van der Waals surface area (Å²) >= 11 is 3.64. The Balaban J connectivity index is 2.11. The van der Waals surface area contributed by atoms with Gasteiger partial charge in [-0.25, -0.2) is 0 Å². The van der Waals surface area contributed by atoms with Crippen LogP contribution in [0.1, 0.15) is 18.9 Å². The van der Waals surface area contributed by atoms with Gasteiger partial charge in [-0.1, -0.05) is 41.1 Å². The molecular formula is C12H14BrNO2. The predicted octanol–water partition coefficient (Wildman–Crippen LogP) is 3.56. The van der Waals surface area contributed by atoms with Crippen LogP contribution >= 0.6 is 15.9 Å². The third kappa shape index (κ3) is 2.43. The van der Waals surface area contributed by atoms with Crippen molar-refractivity contribution in [3.8, 4) is 0 Å². The lowest BCUT2D eigenvalue weighted by atomic mass is 10.0. The molecule has 86 valence electrons. The minimum absolute atomic E-state index is 0.236. The van der Waals surface area contributed by atoms with E-state index >= 15 is 0 Å². The molecular weight excluding hydrogens is 270 g/mol. The molecule has 0 heterocycles. The molecule has 1 saturated carbocycles. The van der Waals surface area contributed by atoms with Crippen molar-refractivity contribution in [2.45, 2.75) is 24.6 Å². The van der Waals surface area contributed by atoms with Gasteiger partial charge in [0.2, 0.25) is 0 Å². The van der Waals surface area contributed by atoms with Gasteiger partial charge in [-0.05, 0) is 24.7 Å². The Hall–Kier alpha value is -0.900. The quantitative estimate of drug-likeness (QED) is 0.482. The topological polar surface area (TPSA) is 43.1 Å². The first kappa shape index (κ1) is 11.6. The third-order valence-corrected chi connectivity index (χ3v) is 4.24. The fraction of sp³-hybridized carbons (Fsp3) is 0.500. The number of nitro groups is 1. The maximum Gasteiger partial charge on any atom is 0.272 e. The van der Waals surface area contributed by atoms with Gasteiger partial charge in [0.05, 0.1) is 4.92 Å². The van der Waals surface area contributed by atoms with Gasteiger partial charge in [0.15, 0.2) is 0 Å². The number of alkyl halides is 1. The fourth-order valence-electron chi connectivity index (χ4n) is 2.08. The zero-order valence-corrected chi connectivity index (χ0v) is 10.7. The van der Waals surface area contributed by atoms with Crippen molar-refractivity contribution in [2.24, 2.45) is 11.8 Å². The molecule has 0 aliphatic heterocycles. The standard InChI is InChI=1S/C12H14BrNO2/c1-8-6-10(8)11(13)7-9-4-2-3-5-12(9)14(15)16/h2-5,8,10-11H,6-7H2,1H3. The summed E-state index contributed by atoms with van der Waals surface area (Å²) in [4.78, 5) is 10.9. The summed E-state index contributed by atoms with van der Waals surface area (Å²) in [5, 5.41) is 10.8. The van der Waals surface area contributed by atoms with Crippen LogP contribution in [0.4, 0.5) is 5.69 Å².